The highest BCUT2D eigenvalue weighted by Gasteiger charge is 2.36. The van der Waals surface area contributed by atoms with Crippen LogP contribution in [0.2, 0.25) is 0 Å². The Labute approximate surface area is 109 Å². The van der Waals surface area contributed by atoms with E-state index in [0.29, 0.717) is 12.0 Å². The summed E-state index contributed by atoms with van der Waals surface area (Å²) in [6, 6.07) is 4.68. The van der Waals surface area contributed by atoms with Crippen LogP contribution < -0.4 is 5.32 Å². The third-order valence-electron chi connectivity index (χ3n) is 4.33. The molecule has 0 amide bonds. The van der Waals surface area contributed by atoms with E-state index >= 15 is 0 Å². The smallest absolute Gasteiger partial charge is 0.117 e. The lowest BCUT2D eigenvalue weighted by atomic mass is 10.1. The van der Waals surface area contributed by atoms with Gasteiger partial charge in [-0.2, -0.15) is 0 Å². The zero-order chi connectivity index (χ0) is 12.5. The van der Waals surface area contributed by atoms with Gasteiger partial charge in [0.1, 0.15) is 11.5 Å². The lowest BCUT2D eigenvalue weighted by Gasteiger charge is -2.15. The number of furan rings is 1. The largest absolute Gasteiger partial charge is 0.464 e. The number of hydrogen-bond donors (Lipinski definition) is 2. The Kier molecular flexibility index (Phi) is 3.44. The molecule has 3 rings (SSSR count). The summed E-state index contributed by atoms with van der Waals surface area (Å²) >= 11 is 0. The maximum Gasteiger partial charge on any atom is 0.117 e. The molecule has 0 aliphatic heterocycles. The van der Waals surface area contributed by atoms with Crippen LogP contribution in [0.5, 0.6) is 0 Å². The third-order valence-corrected chi connectivity index (χ3v) is 4.33. The van der Waals surface area contributed by atoms with E-state index in [9.17, 15) is 0 Å². The Morgan fingerprint density at radius 1 is 1.44 bits per heavy atom. The summed E-state index contributed by atoms with van der Waals surface area (Å²) in [7, 11) is 0. The van der Waals surface area contributed by atoms with Crippen LogP contribution >= 0.6 is 0 Å². The van der Waals surface area contributed by atoms with E-state index in [4.69, 9.17) is 9.52 Å². The molecule has 1 heterocycles. The summed E-state index contributed by atoms with van der Waals surface area (Å²) in [6.45, 7) is 3.34. The van der Waals surface area contributed by atoms with E-state index in [-0.39, 0.29) is 6.61 Å². The number of aliphatic hydroxyl groups is 1. The highest BCUT2D eigenvalue weighted by molar-refractivity contribution is 5.17. The zero-order valence-electron chi connectivity index (χ0n) is 11.1. The number of hydrogen-bond acceptors (Lipinski definition) is 3. The van der Waals surface area contributed by atoms with Crippen LogP contribution in [0.25, 0.3) is 0 Å². The molecule has 0 saturated heterocycles. The van der Waals surface area contributed by atoms with Gasteiger partial charge in [-0.25, -0.2) is 0 Å². The van der Waals surface area contributed by atoms with Crippen LogP contribution in [-0.4, -0.2) is 17.8 Å². The predicted molar refractivity (Wildman–Crippen MR) is 70.3 cm³/mol. The quantitative estimate of drug-likeness (QED) is 0.781. The summed E-state index contributed by atoms with van der Waals surface area (Å²) in [5, 5.41) is 12.6. The number of nitrogens with one attached hydrogen (secondary N) is 1. The molecule has 2 aliphatic rings. The van der Waals surface area contributed by atoms with E-state index in [0.717, 1.165) is 36.3 Å². The maximum atomic E-state index is 9.06. The molecular weight excluding hydrogens is 226 g/mol. The monoisotopic (exact) mass is 249 g/mol. The molecule has 1 aromatic rings. The average Bonchev–Trinajstić information content (AvgIpc) is 3.27. The fourth-order valence-electron chi connectivity index (χ4n) is 2.78. The Bertz CT molecular complexity index is 397. The summed E-state index contributed by atoms with van der Waals surface area (Å²) in [5.41, 5.74) is 0. The Morgan fingerprint density at radius 3 is 2.83 bits per heavy atom. The Hall–Kier alpha value is -0.800. The molecule has 2 saturated carbocycles. The van der Waals surface area contributed by atoms with E-state index < -0.39 is 0 Å². The fourth-order valence-corrected chi connectivity index (χ4v) is 2.78. The van der Waals surface area contributed by atoms with Crippen molar-refractivity contribution in [1.29, 1.82) is 0 Å². The summed E-state index contributed by atoms with van der Waals surface area (Å²) in [4.78, 5) is 0. The van der Waals surface area contributed by atoms with Crippen LogP contribution in [0.3, 0.4) is 0 Å². The SMILES string of the molecule is CC1CC1c1ccc(CNC(CCO)C2CC2)o1. The molecule has 0 radical (unpaired) electrons. The van der Waals surface area contributed by atoms with Crippen molar-refractivity contribution in [2.45, 2.75) is 51.1 Å². The minimum Gasteiger partial charge on any atom is -0.464 e. The lowest BCUT2D eigenvalue weighted by Crippen LogP contribution is -2.31. The van der Waals surface area contributed by atoms with E-state index in [1.807, 2.05) is 0 Å². The average molecular weight is 249 g/mol. The minimum atomic E-state index is 0.275. The first kappa shape index (κ1) is 12.2. The van der Waals surface area contributed by atoms with Crippen LogP contribution in [0.4, 0.5) is 0 Å². The molecule has 1 aromatic heterocycles. The normalized spacial score (nSPS) is 28.3. The predicted octanol–water partition coefficient (Wildman–Crippen LogP) is 2.65. The molecule has 0 bridgehead atoms. The van der Waals surface area contributed by atoms with Gasteiger partial charge in [0.25, 0.3) is 0 Å². The van der Waals surface area contributed by atoms with Crippen molar-refractivity contribution in [3.8, 4) is 0 Å². The number of rotatable bonds is 7. The van der Waals surface area contributed by atoms with Gasteiger partial charge in [0, 0.05) is 18.6 Å². The third kappa shape index (κ3) is 2.78. The fraction of sp³-hybridized carbons (Fsp3) is 0.733. The minimum absolute atomic E-state index is 0.275. The van der Waals surface area contributed by atoms with Gasteiger partial charge in [-0.05, 0) is 49.7 Å². The molecule has 3 atom stereocenters. The highest BCUT2D eigenvalue weighted by atomic mass is 16.3. The second-order valence-corrected chi connectivity index (χ2v) is 5.96. The van der Waals surface area contributed by atoms with Gasteiger partial charge in [-0.1, -0.05) is 6.92 Å². The second kappa shape index (κ2) is 5.06. The van der Waals surface area contributed by atoms with Crippen LogP contribution in [0, 0.1) is 11.8 Å². The van der Waals surface area contributed by atoms with Crippen molar-refractivity contribution in [2.75, 3.05) is 6.61 Å². The molecule has 0 aromatic carbocycles. The van der Waals surface area contributed by atoms with Gasteiger partial charge in [-0.15, -0.1) is 0 Å². The van der Waals surface area contributed by atoms with Gasteiger partial charge in [0.05, 0.1) is 6.54 Å². The summed E-state index contributed by atoms with van der Waals surface area (Å²) in [5.74, 6) is 4.42. The van der Waals surface area contributed by atoms with Crippen molar-refractivity contribution >= 4 is 0 Å². The van der Waals surface area contributed by atoms with E-state index in [2.05, 4.69) is 24.4 Å². The topological polar surface area (TPSA) is 45.4 Å². The molecule has 0 spiro atoms. The van der Waals surface area contributed by atoms with Crippen molar-refractivity contribution in [1.82, 2.24) is 5.32 Å². The van der Waals surface area contributed by atoms with Crippen molar-refractivity contribution < 1.29 is 9.52 Å². The molecule has 2 fully saturated rings. The molecule has 3 nitrogen and oxygen atoms in total. The first-order valence-electron chi connectivity index (χ1n) is 7.20. The highest BCUT2D eigenvalue weighted by Crippen LogP contribution is 2.47. The molecule has 2 N–H and O–H groups in total. The molecule has 2 aliphatic carbocycles. The van der Waals surface area contributed by atoms with E-state index in [1.54, 1.807) is 0 Å². The number of aliphatic hydroxyl groups excluding tert-OH is 1. The molecular formula is C15H23NO2. The molecule has 18 heavy (non-hydrogen) atoms. The van der Waals surface area contributed by atoms with Crippen LogP contribution in [0.15, 0.2) is 16.5 Å². The first-order valence-corrected chi connectivity index (χ1v) is 7.20. The van der Waals surface area contributed by atoms with Crippen molar-refractivity contribution in [3.05, 3.63) is 23.7 Å². The van der Waals surface area contributed by atoms with Crippen molar-refractivity contribution in [3.63, 3.8) is 0 Å². The standard InChI is InChI=1S/C15H23NO2/c1-10-8-13(10)15-5-4-12(18-15)9-16-14(6-7-17)11-2-3-11/h4-5,10-11,13-14,16-17H,2-3,6-9H2,1H3. The van der Waals surface area contributed by atoms with Crippen molar-refractivity contribution in [2.24, 2.45) is 11.8 Å². The Balaban J connectivity index is 1.51. The summed E-state index contributed by atoms with van der Waals surface area (Å²) < 4.78 is 5.88. The van der Waals surface area contributed by atoms with Gasteiger partial charge in [0.15, 0.2) is 0 Å². The lowest BCUT2D eigenvalue weighted by molar-refractivity contribution is 0.253. The molecule has 3 heteroatoms. The van der Waals surface area contributed by atoms with Gasteiger partial charge >= 0.3 is 0 Å². The van der Waals surface area contributed by atoms with Gasteiger partial charge in [-0.3, -0.25) is 0 Å². The van der Waals surface area contributed by atoms with E-state index in [1.165, 1.54) is 19.3 Å². The summed E-state index contributed by atoms with van der Waals surface area (Å²) in [6.07, 6.45) is 4.74. The van der Waals surface area contributed by atoms with Crippen LogP contribution in [-0.2, 0) is 6.54 Å². The van der Waals surface area contributed by atoms with Crippen LogP contribution in [0.1, 0.15) is 50.0 Å². The first-order chi connectivity index (χ1) is 8.78. The van der Waals surface area contributed by atoms with Gasteiger partial charge in [0.2, 0.25) is 0 Å². The molecule has 3 unspecified atom stereocenters. The maximum absolute atomic E-state index is 9.06. The zero-order valence-corrected chi connectivity index (χ0v) is 11.1. The second-order valence-electron chi connectivity index (χ2n) is 5.96. The Morgan fingerprint density at radius 2 is 2.22 bits per heavy atom. The van der Waals surface area contributed by atoms with Gasteiger partial charge < -0.3 is 14.8 Å². The molecule has 100 valence electrons.